The predicted octanol–water partition coefficient (Wildman–Crippen LogP) is 4.64. The molecule has 0 heterocycles. The Bertz CT molecular complexity index is 409. The third kappa shape index (κ3) is 3.79. The van der Waals surface area contributed by atoms with Gasteiger partial charge in [-0.15, -0.1) is 11.6 Å². The van der Waals surface area contributed by atoms with Gasteiger partial charge in [0.2, 0.25) is 0 Å². The first-order valence-corrected chi connectivity index (χ1v) is 7.55. The number of ether oxygens (including phenoxy) is 2. The quantitative estimate of drug-likeness (QED) is 0.749. The van der Waals surface area contributed by atoms with Crippen molar-refractivity contribution in [2.24, 2.45) is 11.8 Å². The molecule has 3 heteroatoms. The minimum absolute atomic E-state index is 0.314. The molecule has 0 amide bonds. The first kappa shape index (κ1) is 14.5. The molecule has 1 aromatic rings. The van der Waals surface area contributed by atoms with Crippen LogP contribution >= 0.6 is 11.6 Å². The Morgan fingerprint density at radius 2 is 1.84 bits per heavy atom. The number of halogens is 1. The summed E-state index contributed by atoms with van der Waals surface area (Å²) in [4.78, 5) is 0. The molecule has 2 nitrogen and oxygen atoms in total. The fourth-order valence-corrected chi connectivity index (χ4v) is 3.26. The van der Waals surface area contributed by atoms with Gasteiger partial charge < -0.3 is 9.47 Å². The summed E-state index contributed by atoms with van der Waals surface area (Å²) in [5.74, 6) is 3.66. The Morgan fingerprint density at radius 3 is 2.42 bits per heavy atom. The van der Waals surface area contributed by atoms with E-state index in [2.05, 4.69) is 13.8 Å². The van der Waals surface area contributed by atoms with Crippen molar-refractivity contribution in [1.29, 1.82) is 0 Å². The third-order valence-electron chi connectivity index (χ3n) is 3.84. The maximum Gasteiger partial charge on any atom is 0.124 e. The van der Waals surface area contributed by atoms with E-state index in [1.165, 1.54) is 6.42 Å². The molecule has 0 aromatic heterocycles. The lowest BCUT2D eigenvalue weighted by Gasteiger charge is -2.32. The lowest BCUT2D eigenvalue weighted by molar-refractivity contribution is 0.100. The molecule has 2 unspecified atom stereocenters. The van der Waals surface area contributed by atoms with Crippen LogP contribution in [0.4, 0.5) is 0 Å². The summed E-state index contributed by atoms with van der Waals surface area (Å²) in [6.07, 6.45) is 3.90. The van der Waals surface area contributed by atoms with Crippen LogP contribution in [-0.2, 0) is 5.88 Å². The van der Waals surface area contributed by atoms with E-state index in [4.69, 9.17) is 21.1 Å². The van der Waals surface area contributed by atoms with Gasteiger partial charge in [-0.25, -0.2) is 0 Å². The Balaban J connectivity index is 2.09. The molecule has 0 aliphatic heterocycles. The number of hydrogen-bond donors (Lipinski definition) is 0. The molecule has 1 aliphatic rings. The summed E-state index contributed by atoms with van der Waals surface area (Å²) >= 11 is 6.00. The average molecular weight is 283 g/mol. The SMILES string of the molecule is COc1ccc(OC2CC(C)CC(C)C2)c(CCl)c1. The van der Waals surface area contributed by atoms with Crippen LogP contribution in [0.2, 0.25) is 0 Å². The normalized spacial score (nSPS) is 27.1. The first-order chi connectivity index (χ1) is 9.12. The molecule has 2 atom stereocenters. The van der Waals surface area contributed by atoms with Gasteiger partial charge in [0.05, 0.1) is 19.1 Å². The van der Waals surface area contributed by atoms with E-state index in [1.807, 2.05) is 18.2 Å². The van der Waals surface area contributed by atoms with E-state index in [1.54, 1.807) is 7.11 Å². The van der Waals surface area contributed by atoms with E-state index in [9.17, 15) is 0 Å². The van der Waals surface area contributed by atoms with Crippen molar-refractivity contribution in [3.63, 3.8) is 0 Å². The standard InChI is InChI=1S/C16H23ClO2/c1-11-6-12(2)8-15(7-11)19-16-5-4-14(18-3)9-13(16)10-17/h4-5,9,11-12,15H,6-8,10H2,1-3H3. The Morgan fingerprint density at radius 1 is 1.16 bits per heavy atom. The zero-order valence-corrected chi connectivity index (χ0v) is 12.7. The Hall–Kier alpha value is -0.890. The highest BCUT2D eigenvalue weighted by Gasteiger charge is 2.25. The highest BCUT2D eigenvalue weighted by molar-refractivity contribution is 6.17. The topological polar surface area (TPSA) is 18.5 Å². The van der Waals surface area contributed by atoms with Crippen molar-refractivity contribution in [3.05, 3.63) is 23.8 Å². The fraction of sp³-hybridized carbons (Fsp3) is 0.625. The maximum atomic E-state index is 6.18. The summed E-state index contributed by atoms with van der Waals surface area (Å²) in [5.41, 5.74) is 1.01. The van der Waals surface area contributed by atoms with Crippen LogP contribution in [0.25, 0.3) is 0 Å². The van der Waals surface area contributed by atoms with E-state index in [0.29, 0.717) is 12.0 Å². The molecule has 106 valence electrons. The van der Waals surface area contributed by atoms with Gasteiger partial charge in [0.15, 0.2) is 0 Å². The molecule has 19 heavy (non-hydrogen) atoms. The molecule has 0 N–H and O–H groups in total. The highest BCUT2D eigenvalue weighted by atomic mass is 35.5. The largest absolute Gasteiger partial charge is 0.497 e. The summed E-state index contributed by atoms with van der Waals surface area (Å²) < 4.78 is 11.4. The minimum atomic E-state index is 0.314. The maximum absolute atomic E-state index is 6.18. The highest BCUT2D eigenvalue weighted by Crippen LogP contribution is 2.33. The second-order valence-electron chi connectivity index (χ2n) is 5.76. The van der Waals surface area contributed by atoms with Crippen molar-refractivity contribution < 1.29 is 9.47 Å². The third-order valence-corrected chi connectivity index (χ3v) is 4.13. The second-order valence-corrected chi connectivity index (χ2v) is 6.03. The van der Waals surface area contributed by atoms with Gasteiger partial charge in [0.25, 0.3) is 0 Å². The summed E-state index contributed by atoms with van der Waals surface area (Å²) in [6, 6.07) is 5.86. The lowest BCUT2D eigenvalue weighted by atomic mass is 9.82. The lowest BCUT2D eigenvalue weighted by Crippen LogP contribution is -2.28. The Labute approximate surface area is 121 Å². The van der Waals surface area contributed by atoms with Gasteiger partial charge >= 0.3 is 0 Å². The van der Waals surface area contributed by atoms with E-state index >= 15 is 0 Å². The average Bonchev–Trinajstić information content (AvgIpc) is 2.38. The van der Waals surface area contributed by atoms with E-state index < -0.39 is 0 Å². The summed E-state index contributed by atoms with van der Waals surface area (Å²) in [7, 11) is 1.67. The van der Waals surface area contributed by atoms with Crippen molar-refractivity contribution in [2.45, 2.75) is 45.1 Å². The number of methoxy groups -OCH3 is 1. The molecule has 1 saturated carbocycles. The van der Waals surface area contributed by atoms with Crippen molar-refractivity contribution >= 4 is 11.6 Å². The molecule has 0 bridgehead atoms. The van der Waals surface area contributed by atoms with E-state index in [-0.39, 0.29) is 0 Å². The van der Waals surface area contributed by atoms with Crippen LogP contribution < -0.4 is 9.47 Å². The van der Waals surface area contributed by atoms with E-state index in [0.717, 1.165) is 41.7 Å². The van der Waals surface area contributed by atoms with Crippen LogP contribution in [0.5, 0.6) is 11.5 Å². The van der Waals surface area contributed by atoms with Gasteiger partial charge in [0.1, 0.15) is 11.5 Å². The van der Waals surface area contributed by atoms with Crippen molar-refractivity contribution in [2.75, 3.05) is 7.11 Å². The molecule has 1 fully saturated rings. The molecule has 0 saturated heterocycles. The predicted molar refractivity (Wildman–Crippen MR) is 79.1 cm³/mol. The molecular weight excluding hydrogens is 260 g/mol. The van der Waals surface area contributed by atoms with Gasteiger partial charge in [-0.2, -0.15) is 0 Å². The zero-order chi connectivity index (χ0) is 13.8. The van der Waals surface area contributed by atoms with Crippen LogP contribution in [0.15, 0.2) is 18.2 Å². The van der Waals surface area contributed by atoms with Crippen LogP contribution in [0.3, 0.4) is 0 Å². The smallest absolute Gasteiger partial charge is 0.124 e. The van der Waals surface area contributed by atoms with Crippen molar-refractivity contribution in [3.8, 4) is 11.5 Å². The minimum Gasteiger partial charge on any atom is -0.497 e. The molecule has 0 radical (unpaired) electrons. The molecule has 1 aliphatic carbocycles. The first-order valence-electron chi connectivity index (χ1n) is 7.02. The molecular formula is C16H23ClO2. The fourth-order valence-electron chi connectivity index (χ4n) is 3.05. The molecule has 0 spiro atoms. The molecule has 2 rings (SSSR count). The van der Waals surface area contributed by atoms with Crippen LogP contribution in [0, 0.1) is 11.8 Å². The van der Waals surface area contributed by atoms with Crippen LogP contribution in [-0.4, -0.2) is 13.2 Å². The second kappa shape index (κ2) is 6.51. The summed E-state index contributed by atoms with van der Waals surface area (Å²) in [5, 5.41) is 0. The Kier molecular flexibility index (Phi) is 4.98. The monoisotopic (exact) mass is 282 g/mol. The van der Waals surface area contributed by atoms with Crippen LogP contribution in [0.1, 0.15) is 38.7 Å². The van der Waals surface area contributed by atoms with Gasteiger partial charge in [-0.05, 0) is 49.3 Å². The number of rotatable bonds is 4. The van der Waals surface area contributed by atoms with Crippen molar-refractivity contribution in [1.82, 2.24) is 0 Å². The molecule has 1 aromatic carbocycles. The van der Waals surface area contributed by atoms with Gasteiger partial charge in [0, 0.05) is 5.56 Å². The number of hydrogen-bond acceptors (Lipinski definition) is 2. The summed E-state index contributed by atoms with van der Waals surface area (Å²) in [6.45, 7) is 4.62. The number of alkyl halides is 1. The number of benzene rings is 1. The zero-order valence-electron chi connectivity index (χ0n) is 12.0. The van der Waals surface area contributed by atoms with Gasteiger partial charge in [-0.1, -0.05) is 13.8 Å². The van der Waals surface area contributed by atoms with Gasteiger partial charge in [-0.3, -0.25) is 0 Å².